The number of benzene rings is 1. The van der Waals surface area contributed by atoms with E-state index in [0.29, 0.717) is 0 Å². The van der Waals surface area contributed by atoms with Crippen molar-refractivity contribution in [2.45, 2.75) is 6.42 Å². The Morgan fingerprint density at radius 1 is 1.45 bits per heavy atom. The van der Waals surface area contributed by atoms with Crippen molar-refractivity contribution >= 4 is 17.6 Å². The van der Waals surface area contributed by atoms with Crippen LogP contribution in [0.2, 0.25) is 0 Å². The second-order valence-corrected chi connectivity index (χ2v) is 3.98. The molecule has 1 amide bonds. The van der Waals surface area contributed by atoms with E-state index in [1.54, 1.807) is 0 Å². The molecule has 0 spiro atoms. The Hall–Kier alpha value is -2.51. The fourth-order valence-corrected chi connectivity index (χ4v) is 1.47. The van der Waals surface area contributed by atoms with E-state index in [4.69, 9.17) is 0 Å². The van der Waals surface area contributed by atoms with Gasteiger partial charge < -0.3 is 9.64 Å². The average molecular weight is 284 g/mol. The van der Waals surface area contributed by atoms with Gasteiger partial charge in [-0.1, -0.05) is 0 Å². The Labute approximate surface area is 114 Å². The van der Waals surface area contributed by atoms with E-state index >= 15 is 0 Å². The van der Waals surface area contributed by atoms with Gasteiger partial charge in [0.25, 0.3) is 5.91 Å². The first-order chi connectivity index (χ1) is 9.36. The summed E-state index contributed by atoms with van der Waals surface area (Å²) in [6.45, 7) is 0.101. The minimum Gasteiger partial charge on any atom is -0.469 e. The molecule has 0 aromatic heterocycles. The number of halogens is 1. The predicted octanol–water partition coefficient (Wildman–Crippen LogP) is 1.37. The molecule has 8 heteroatoms. The topological polar surface area (TPSA) is 89.8 Å². The summed E-state index contributed by atoms with van der Waals surface area (Å²) < 4.78 is 17.8. The van der Waals surface area contributed by atoms with Crippen molar-refractivity contribution in [2.75, 3.05) is 20.7 Å². The Kier molecular flexibility index (Phi) is 5.13. The lowest BCUT2D eigenvalue weighted by atomic mass is 10.1. The highest BCUT2D eigenvalue weighted by atomic mass is 19.1. The van der Waals surface area contributed by atoms with Gasteiger partial charge in [0.05, 0.1) is 18.5 Å². The molecule has 20 heavy (non-hydrogen) atoms. The van der Waals surface area contributed by atoms with E-state index in [1.165, 1.54) is 19.1 Å². The van der Waals surface area contributed by atoms with Crippen molar-refractivity contribution in [1.29, 1.82) is 0 Å². The van der Waals surface area contributed by atoms with Crippen LogP contribution < -0.4 is 0 Å². The van der Waals surface area contributed by atoms with Gasteiger partial charge in [-0.3, -0.25) is 19.7 Å². The van der Waals surface area contributed by atoms with Gasteiger partial charge in [0.1, 0.15) is 0 Å². The largest absolute Gasteiger partial charge is 0.469 e. The Balaban J connectivity index is 2.79. The highest BCUT2D eigenvalue weighted by Gasteiger charge is 2.19. The number of hydrogen-bond donors (Lipinski definition) is 0. The first-order valence-corrected chi connectivity index (χ1v) is 5.63. The molecule has 0 saturated carbocycles. The number of nitrogens with zero attached hydrogens (tertiary/aromatic N) is 2. The van der Waals surface area contributed by atoms with Crippen LogP contribution in [0.1, 0.15) is 16.8 Å². The molecule has 0 aliphatic rings. The number of nitro groups is 1. The molecule has 1 rings (SSSR count). The van der Waals surface area contributed by atoms with Crippen LogP contribution in [0.15, 0.2) is 18.2 Å². The SMILES string of the molecule is COC(=O)CCN(C)C(=O)c1ccc([N+](=O)[O-])c(F)c1. The molecule has 0 bridgehead atoms. The van der Waals surface area contributed by atoms with Crippen LogP contribution in [-0.2, 0) is 9.53 Å². The van der Waals surface area contributed by atoms with Crippen LogP contribution in [0.3, 0.4) is 0 Å². The van der Waals surface area contributed by atoms with Crippen LogP contribution >= 0.6 is 0 Å². The first kappa shape index (κ1) is 15.5. The van der Waals surface area contributed by atoms with E-state index < -0.39 is 28.3 Å². The number of esters is 1. The molecule has 1 aromatic rings. The van der Waals surface area contributed by atoms with Crippen molar-refractivity contribution in [3.05, 3.63) is 39.7 Å². The minimum absolute atomic E-state index is 0.00814. The average Bonchev–Trinajstić information content (AvgIpc) is 2.42. The number of methoxy groups -OCH3 is 1. The molecule has 1 aromatic carbocycles. The quantitative estimate of drug-likeness (QED) is 0.462. The lowest BCUT2D eigenvalue weighted by Gasteiger charge is -2.16. The second-order valence-electron chi connectivity index (χ2n) is 3.98. The number of nitro benzene ring substituents is 1. The van der Waals surface area contributed by atoms with E-state index in [2.05, 4.69) is 4.74 Å². The summed E-state index contributed by atoms with van der Waals surface area (Å²) in [6, 6.07) is 2.89. The molecule has 0 heterocycles. The van der Waals surface area contributed by atoms with E-state index in [-0.39, 0.29) is 18.5 Å². The molecule has 0 N–H and O–H groups in total. The van der Waals surface area contributed by atoms with E-state index in [1.807, 2.05) is 0 Å². The zero-order valence-electron chi connectivity index (χ0n) is 11.0. The molecule has 0 radical (unpaired) electrons. The summed E-state index contributed by atoms with van der Waals surface area (Å²) in [5.41, 5.74) is -0.723. The highest BCUT2D eigenvalue weighted by Crippen LogP contribution is 2.18. The van der Waals surface area contributed by atoms with Gasteiger partial charge in [0.15, 0.2) is 0 Å². The van der Waals surface area contributed by atoms with Gasteiger partial charge in [-0.05, 0) is 12.1 Å². The lowest BCUT2D eigenvalue weighted by molar-refractivity contribution is -0.387. The van der Waals surface area contributed by atoms with Gasteiger partial charge in [0, 0.05) is 25.2 Å². The van der Waals surface area contributed by atoms with Gasteiger partial charge in [-0.25, -0.2) is 0 Å². The van der Waals surface area contributed by atoms with Crippen molar-refractivity contribution in [3.63, 3.8) is 0 Å². The summed E-state index contributed by atoms with van der Waals surface area (Å²) >= 11 is 0. The molecule has 0 fully saturated rings. The number of hydrogen-bond acceptors (Lipinski definition) is 5. The van der Waals surface area contributed by atoms with Crippen LogP contribution in [0, 0.1) is 15.9 Å². The predicted molar refractivity (Wildman–Crippen MR) is 66.6 cm³/mol. The van der Waals surface area contributed by atoms with Gasteiger partial charge >= 0.3 is 11.7 Å². The van der Waals surface area contributed by atoms with Crippen molar-refractivity contribution in [1.82, 2.24) is 4.90 Å². The van der Waals surface area contributed by atoms with Gasteiger partial charge in [-0.15, -0.1) is 0 Å². The number of carbonyl (C=O) groups excluding carboxylic acids is 2. The maximum absolute atomic E-state index is 13.4. The molecule has 0 unspecified atom stereocenters. The summed E-state index contributed by atoms with van der Waals surface area (Å²) in [6.07, 6.45) is 0.00814. The van der Waals surface area contributed by atoms with E-state index in [0.717, 1.165) is 18.2 Å². The summed E-state index contributed by atoms with van der Waals surface area (Å²) in [5.74, 6) is -2.09. The monoisotopic (exact) mass is 284 g/mol. The van der Waals surface area contributed by atoms with Crippen LogP contribution in [0.25, 0.3) is 0 Å². The van der Waals surface area contributed by atoms with E-state index in [9.17, 15) is 24.1 Å². The first-order valence-electron chi connectivity index (χ1n) is 5.63. The third kappa shape index (κ3) is 3.74. The Morgan fingerprint density at radius 2 is 2.10 bits per heavy atom. The van der Waals surface area contributed by atoms with Crippen LogP contribution in [0.5, 0.6) is 0 Å². The molecular formula is C12H13FN2O5. The third-order valence-corrected chi connectivity index (χ3v) is 2.62. The van der Waals surface area contributed by atoms with Crippen molar-refractivity contribution < 1.29 is 23.6 Å². The molecule has 0 atom stereocenters. The molecule has 0 saturated heterocycles. The third-order valence-electron chi connectivity index (χ3n) is 2.62. The molecule has 0 aliphatic carbocycles. The van der Waals surface area contributed by atoms with Crippen LogP contribution in [-0.4, -0.2) is 42.4 Å². The number of rotatable bonds is 5. The second kappa shape index (κ2) is 6.60. The fourth-order valence-electron chi connectivity index (χ4n) is 1.47. The maximum atomic E-state index is 13.4. The maximum Gasteiger partial charge on any atom is 0.307 e. The minimum atomic E-state index is -1.08. The zero-order valence-corrected chi connectivity index (χ0v) is 11.0. The van der Waals surface area contributed by atoms with Gasteiger partial charge in [-0.2, -0.15) is 4.39 Å². The summed E-state index contributed by atoms with van der Waals surface area (Å²) in [4.78, 5) is 33.7. The number of amides is 1. The molecule has 0 aliphatic heterocycles. The summed E-state index contributed by atoms with van der Waals surface area (Å²) in [5, 5.41) is 10.5. The number of carbonyl (C=O) groups is 2. The standard InChI is InChI=1S/C12H13FN2O5/c1-14(6-5-11(16)20-2)12(17)8-3-4-10(15(18)19)9(13)7-8/h3-4,7H,5-6H2,1-2H3. The smallest absolute Gasteiger partial charge is 0.307 e. The van der Waals surface area contributed by atoms with Gasteiger partial charge in [0.2, 0.25) is 5.82 Å². The van der Waals surface area contributed by atoms with Crippen molar-refractivity contribution in [3.8, 4) is 0 Å². The Bertz CT molecular complexity index is 547. The molecular weight excluding hydrogens is 271 g/mol. The zero-order chi connectivity index (χ0) is 15.3. The lowest BCUT2D eigenvalue weighted by Crippen LogP contribution is -2.29. The number of ether oxygens (including phenoxy) is 1. The highest BCUT2D eigenvalue weighted by molar-refractivity contribution is 5.94. The molecule has 7 nitrogen and oxygen atoms in total. The van der Waals surface area contributed by atoms with Crippen molar-refractivity contribution in [2.24, 2.45) is 0 Å². The fraction of sp³-hybridized carbons (Fsp3) is 0.333. The molecule has 108 valence electrons. The summed E-state index contributed by atoms with van der Waals surface area (Å²) in [7, 11) is 2.67. The Morgan fingerprint density at radius 3 is 2.60 bits per heavy atom. The normalized spacial score (nSPS) is 9.95. The van der Waals surface area contributed by atoms with Crippen LogP contribution in [0.4, 0.5) is 10.1 Å².